The summed E-state index contributed by atoms with van der Waals surface area (Å²) in [6.45, 7) is 0. The second-order valence-corrected chi connectivity index (χ2v) is 0.890. The standard InChI is InChI=1S/CH2BF3O3.Na.H/c3-1(4,5)8-2(6)7;;/h6-7H;;. The van der Waals surface area contributed by atoms with Crippen molar-refractivity contribution in [1.29, 1.82) is 0 Å². The third kappa shape index (κ3) is 12.0. The van der Waals surface area contributed by atoms with Crippen LogP contribution in [0.5, 0.6) is 0 Å². The van der Waals surface area contributed by atoms with Gasteiger partial charge in [-0.1, -0.05) is 0 Å². The summed E-state index contributed by atoms with van der Waals surface area (Å²) in [4.78, 5) is 0. The zero-order valence-corrected chi connectivity index (χ0v) is 3.51. The Morgan fingerprint density at radius 1 is 1.22 bits per heavy atom. The molecule has 0 fully saturated rings. The Bertz CT molecular complexity index is 73.9. The van der Waals surface area contributed by atoms with Crippen molar-refractivity contribution < 1.29 is 27.9 Å². The van der Waals surface area contributed by atoms with Gasteiger partial charge in [0, 0.05) is 0 Å². The van der Waals surface area contributed by atoms with E-state index in [0.29, 0.717) is 0 Å². The molecule has 0 unspecified atom stereocenters. The summed E-state index contributed by atoms with van der Waals surface area (Å²) in [5.41, 5.74) is 0. The Morgan fingerprint density at radius 2 is 1.56 bits per heavy atom. The average Bonchev–Trinajstić information content (AvgIpc) is 1.21. The molecule has 0 bridgehead atoms. The van der Waals surface area contributed by atoms with Gasteiger partial charge in [0.1, 0.15) is 0 Å². The first-order valence-electron chi connectivity index (χ1n) is 1.52. The Labute approximate surface area is 71.3 Å². The number of rotatable bonds is 1. The van der Waals surface area contributed by atoms with Crippen LogP contribution in [0.2, 0.25) is 0 Å². The molecule has 0 radical (unpaired) electrons. The number of alkyl halides is 3. The van der Waals surface area contributed by atoms with Gasteiger partial charge in [0.2, 0.25) is 0 Å². The molecule has 0 aliphatic rings. The molecule has 0 aromatic carbocycles. The molecule has 0 rings (SSSR count). The fraction of sp³-hybridized carbons (Fsp3) is 1.00. The van der Waals surface area contributed by atoms with Gasteiger partial charge < -0.3 is 10.0 Å². The van der Waals surface area contributed by atoms with Crippen LogP contribution in [0.25, 0.3) is 0 Å². The fourth-order valence-corrected chi connectivity index (χ4v) is 0.120. The fourth-order valence-electron chi connectivity index (χ4n) is 0.120. The van der Waals surface area contributed by atoms with E-state index in [1.807, 2.05) is 0 Å². The van der Waals surface area contributed by atoms with Gasteiger partial charge >= 0.3 is 43.2 Å². The number of halogens is 3. The summed E-state index contributed by atoms with van der Waals surface area (Å²) in [7, 11) is -2.78. The molecule has 8 heteroatoms. The van der Waals surface area contributed by atoms with Crippen molar-refractivity contribution >= 4 is 36.9 Å². The van der Waals surface area contributed by atoms with Crippen molar-refractivity contribution in [2.75, 3.05) is 0 Å². The van der Waals surface area contributed by atoms with E-state index in [1.165, 1.54) is 0 Å². The summed E-state index contributed by atoms with van der Waals surface area (Å²) in [5, 5.41) is 15.0. The summed E-state index contributed by atoms with van der Waals surface area (Å²) in [5.74, 6) is 0. The average molecular weight is 154 g/mol. The zero-order chi connectivity index (χ0) is 6.78. The molecule has 0 aromatic rings. The van der Waals surface area contributed by atoms with Crippen molar-refractivity contribution in [2.45, 2.75) is 6.36 Å². The van der Waals surface area contributed by atoms with Gasteiger partial charge in [-0.3, -0.25) is 4.65 Å². The normalized spacial score (nSPS) is 10.3. The minimum absolute atomic E-state index is 0. The van der Waals surface area contributed by atoms with E-state index in [0.717, 1.165) is 0 Å². The molecule has 0 atom stereocenters. The van der Waals surface area contributed by atoms with Gasteiger partial charge in [-0.15, -0.1) is 13.2 Å². The second-order valence-electron chi connectivity index (χ2n) is 0.890. The molecule has 0 amide bonds. The molecule has 0 saturated heterocycles. The van der Waals surface area contributed by atoms with Crippen molar-refractivity contribution in [1.82, 2.24) is 0 Å². The van der Waals surface area contributed by atoms with Crippen LogP contribution in [-0.2, 0) is 4.65 Å². The SMILES string of the molecule is OB(O)OC(F)(F)F.[NaH]. The van der Waals surface area contributed by atoms with Crippen molar-refractivity contribution in [3.8, 4) is 0 Å². The van der Waals surface area contributed by atoms with Crippen molar-refractivity contribution in [2.24, 2.45) is 0 Å². The molecule has 0 aromatic heterocycles. The summed E-state index contributed by atoms with van der Waals surface area (Å²) < 4.78 is 34.8. The van der Waals surface area contributed by atoms with Gasteiger partial charge in [0.25, 0.3) is 0 Å². The van der Waals surface area contributed by atoms with E-state index in [2.05, 4.69) is 4.65 Å². The first kappa shape index (κ1) is 12.4. The Balaban J connectivity index is 0. The first-order chi connectivity index (χ1) is 3.42. The van der Waals surface area contributed by atoms with Crippen LogP contribution in [0.3, 0.4) is 0 Å². The van der Waals surface area contributed by atoms with Gasteiger partial charge in [0.05, 0.1) is 0 Å². The van der Waals surface area contributed by atoms with E-state index in [-0.39, 0.29) is 29.6 Å². The number of hydrogen-bond acceptors (Lipinski definition) is 3. The van der Waals surface area contributed by atoms with E-state index in [9.17, 15) is 13.2 Å². The third-order valence-corrected chi connectivity index (χ3v) is 0.239. The monoisotopic (exact) mass is 154 g/mol. The Morgan fingerprint density at radius 3 is 1.56 bits per heavy atom. The Kier molecular flexibility index (Phi) is 6.26. The van der Waals surface area contributed by atoms with Crippen LogP contribution in [-0.4, -0.2) is 53.3 Å². The second kappa shape index (κ2) is 4.53. The van der Waals surface area contributed by atoms with Gasteiger partial charge in [0.15, 0.2) is 0 Å². The van der Waals surface area contributed by atoms with Crippen molar-refractivity contribution in [3.05, 3.63) is 0 Å². The Hall–Kier alpha value is 0.735. The third-order valence-electron chi connectivity index (χ3n) is 0.239. The summed E-state index contributed by atoms with van der Waals surface area (Å²) >= 11 is 0. The molecule has 0 heterocycles. The van der Waals surface area contributed by atoms with Crippen LogP contribution < -0.4 is 0 Å². The molecular weight excluding hydrogens is 151 g/mol. The predicted octanol–water partition coefficient (Wildman–Crippen LogP) is -1.16. The van der Waals surface area contributed by atoms with Crippen LogP contribution >= 0.6 is 0 Å². The molecule has 0 aliphatic heterocycles. The van der Waals surface area contributed by atoms with Gasteiger partial charge in [-0.2, -0.15) is 0 Å². The van der Waals surface area contributed by atoms with Crippen LogP contribution in [0.15, 0.2) is 0 Å². The molecule has 9 heavy (non-hydrogen) atoms. The predicted molar refractivity (Wildman–Crippen MR) is 24.5 cm³/mol. The van der Waals surface area contributed by atoms with Gasteiger partial charge in [-0.05, 0) is 0 Å². The van der Waals surface area contributed by atoms with E-state index in [1.54, 1.807) is 0 Å². The minimum atomic E-state index is -4.98. The van der Waals surface area contributed by atoms with E-state index < -0.39 is 13.7 Å². The van der Waals surface area contributed by atoms with Crippen LogP contribution in [0.4, 0.5) is 13.2 Å². The molecular formula is CH3BF3NaO3. The maximum atomic E-state index is 10.8. The maximum absolute atomic E-state index is 10.8. The van der Waals surface area contributed by atoms with Crippen molar-refractivity contribution in [3.63, 3.8) is 0 Å². The number of hydrogen-bond donors (Lipinski definition) is 2. The molecule has 0 aliphatic carbocycles. The van der Waals surface area contributed by atoms with Crippen LogP contribution in [0, 0.1) is 0 Å². The van der Waals surface area contributed by atoms with Gasteiger partial charge in [-0.25, -0.2) is 0 Å². The van der Waals surface area contributed by atoms with E-state index in [4.69, 9.17) is 10.0 Å². The quantitative estimate of drug-likeness (QED) is 0.468. The topological polar surface area (TPSA) is 49.7 Å². The van der Waals surface area contributed by atoms with E-state index >= 15 is 0 Å². The molecule has 50 valence electrons. The summed E-state index contributed by atoms with van der Waals surface area (Å²) in [6, 6.07) is 0. The molecule has 3 nitrogen and oxygen atoms in total. The molecule has 2 N–H and O–H groups in total. The molecule has 0 spiro atoms. The summed E-state index contributed by atoms with van der Waals surface area (Å²) in [6.07, 6.45) is -4.98. The van der Waals surface area contributed by atoms with Crippen LogP contribution in [0.1, 0.15) is 0 Å². The zero-order valence-electron chi connectivity index (χ0n) is 3.51. The molecule has 0 saturated carbocycles. The first-order valence-corrected chi connectivity index (χ1v) is 1.52.